The molecule has 3 heterocycles. The third-order valence-electron chi connectivity index (χ3n) is 5.08. The molecule has 1 saturated heterocycles. The lowest BCUT2D eigenvalue weighted by atomic mass is 10.1. The first-order valence-corrected chi connectivity index (χ1v) is 11.7. The molecule has 4 rings (SSSR count). The van der Waals surface area contributed by atoms with Crippen molar-refractivity contribution in [1.82, 2.24) is 19.3 Å². The van der Waals surface area contributed by atoms with Gasteiger partial charge in [0.15, 0.2) is 5.52 Å². The number of rotatable bonds is 6. The van der Waals surface area contributed by atoms with Crippen molar-refractivity contribution in [3.63, 3.8) is 0 Å². The van der Waals surface area contributed by atoms with Crippen LogP contribution in [0.3, 0.4) is 0 Å². The number of morpholine rings is 1. The van der Waals surface area contributed by atoms with Crippen molar-refractivity contribution in [3.8, 4) is 17.1 Å². The molecule has 0 saturated carbocycles. The van der Waals surface area contributed by atoms with E-state index in [-0.39, 0.29) is 19.3 Å². The largest absolute Gasteiger partial charge is 0.473 e. The molecule has 2 aromatic heterocycles. The number of nitrogens with zero attached hydrogens (tertiary/aromatic N) is 5. The average molecular weight is 444 g/mol. The third-order valence-corrected chi connectivity index (χ3v) is 6.35. The summed E-state index contributed by atoms with van der Waals surface area (Å²) in [6, 6.07) is 9.92. The van der Waals surface area contributed by atoms with E-state index in [0.717, 1.165) is 16.9 Å². The Hall–Kier alpha value is -2.82. The first kappa shape index (κ1) is 21.4. The fourth-order valence-corrected chi connectivity index (χ4v) is 4.23. The molecular weight excluding hydrogens is 418 g/mol. The Kier molecular flexibility index (Phi) is 6.03. The number of ether oxygens (including phenoxy) is 2. The Morgan fingerprint density at radius 2 is 1.94 bits per heavy atom. The second-order valence-corrected chi connectivity index (χ2v) is 9.59. The highest BCUT2D eigenvalue weighted by molar-refractivity contribution is 7.88. The number of hydrogen-bond donors (Lipinski definition) is 0. The van der Waals surface area contributed by atoms with Crippen LogP contribution >= 0.6 is 0 Å². The van der Waals surface area contributed by atoms with Crippen molar-refractivity contribution in [2.75, 3.05) is 51.6 Å². The van der Waals surface area contributed by atoms with Gasteiger partial charge in [0, 0.05) is 50.8 Å². The molecule has 1 aromatic carbocycles. The van der Waals surface area contributed by atoms with Gasteiger partial charge >= 0.3 is 0 Å². The van der Waals surface area contributed by atoms with E-state index in [9.17, 15) is 8.42 Å². The Morgan fingerprint density at radius 3 is 2.65 bits per heavy atom. The van der Waals surface area contributed by atoms with Crippen LogP contribution < -0.4 is 9.64 Å². The lowest BCUT2D eigenvalue weighted by Gasteiger charge is -2.30. The van der Waals surface area contributed by atoms with Gasteiger partial charge in [0.05, 0.1) is 24.1 Å². The van der Waals surface area contributed by atoms with Crippen LogP contribution in [0.5, 0.6) is 5.88 Å². The molecule has 10 heteroatoms. The van der Waals surface area contributed by atoms with Gasteiger partial charge in [-0.15, -0.1) is 0 Å². The van der Waals surface area contributed by atoms with Gasteiger partial charge in [0.2, 0.25) is 15.9 Å². The highest BCUT2D eigenvalue weighted by Crippen LogP contribution is 2.28. The van der Waals surface area contributed by atoms with Crippen LogP contribution in [0.2, 0.25) is 0 Å². The van der Waals surface area contributed by atoms with Gasteiger partial charge in [-0.1, -0.05) is 12.1 Å². The first-order valence-electron chi connectivity index (χ1n) is 9.90. The Labute approximate surface area is 181 Å². The van der Waals surface area contributed by atoms with E-state index in [0.29, 0.717) is 30.1 Å². The number of pyridine rings is 1. The van der Waals surface area contributed by atoms with Gasteiger partial charge in [-0.2, -0.15) is 4.31 Å². The predicted octanol–water partition coefficient (Wildman–Crippen LogP) is 1.80. The second-order valence-electron chi connectivity index (χ2n) is 7.60. The van der Waals surface area contributed by atoms with Crippen LogP contribution in [0.4, 0.5) is 5.69 Å². The predicted molar refractivity (Wildman–Crippen MR) is 119 cm³/mol. The molecule has 0 amide bonds. The molecule has 9 nitrogen and oxygen atoms in total. The van der Waals surface area contributed by atoms with Gasteiger partial charge in [-0.25, -0.2) is 18.4 Å². The van der Waals surface area contributed by atoms with Gasteiger partial charge < -0.3 is 14.4 Å². The summed E-state index contributed by atoms with van der Waals surface area (Å²) in [5.74, 6) is 0.345. The maximum atomic E-state index is 11.8. The highest BCUT2D eigenvalue weighted by atomic mass is 32.2. The Morgan fingerprint density at radius 1 is 1.19 bits per heavy atom. The highest BCUT2D eigenvalue weighted by Gasteiger charge is 2.27. The van der Waals surface area contributed by atoms with Crippen LogP contribution in [0.25, 0.3) is 22.3 Å². The van der Waals surface area contributed by atoms with Crippen LogP contribution in [0, 0.1) is 0 Å². The quantitative estimate of drug-likeness (QED) is 0.569. The SMILES string of the molecule is CN(C)c1ccc(-c2cc3nccnc3c(OC[C@@H]3CN(S(C)(=O)=O)CCO3)n2)cc1. The number of fused-ring (bicyclic) bond motifs is 1. The van der Waals surface area contributed by atoms with E-state index in [1.807, 2.05) is 49.3 Å². The number of benzene rings is 1. The summed E-state index contributed by atoms with van der Waals surface area (Å²) in [4.78, 5) is 15.5. The Balaban J connectivity index is 1.59. The summed E-state index contributed by atoms with van der Waals surface area (Å²) < 4.78 is 36.8. The van der Waals surface area contributed by atoms with Gasteiger partial charge in [0.1, 0.15) is 12.7 Å². The second kappa shape index (κ2) is 8.74. The van der Waals surface area contributed by atoms with E-state index in [1.54, 1.807) is 12.4 Å². The molecule has 1 fully saturated rings. The normalized spacial score (nSPS) is 17.6. The van der Waals surface area contributed by atoms with Crippen molar-refractivity contribution in [2.45, 2.75) is 6.10 Å². The van der Waals surface area contributed by atoms with Crippen LogP contribution in [-0.2, 0) is 14.8 Å². The van der Waals surface area contributed by atoms with E-state index < -0.39 is 10.0 Å². The first-order chi connectivity index (χ1) is 14.8. The molecule has 0 radical (unpaired) electrons. The molecule has 31 heavy (non-hydrogen) atoms. The van der Waals surface area contributed by atoms with Crippen molar-refractivity contribution in [2.24, 2.45) is 0 Å². The summed E-state index contributed by atoms with van der Waals surface area (Å²) >= 11 is 0. The smallest absolute Gasteiger partial charge is 0.242 e. The van der Waals surface area contributed by atoms with Crippen molar-refractivity contribution >= 4 is 26.7 Å². The zero-order valence-corrected chi connectivity index (χ0v) is 18.5. The third kappa shape index (κ3) is 4.92. The topological polar surface area (TPSA) is 97.8 Å². The number of anilines is 1. The van der Waals surface area contributed by atoms with Gasteiger partial charge in [0.25, 0.3) is 0 Å². The standard InChI is InChI=1S/C21H25N5O4S/c1-25(2)16-6-4-15(5-7-16)18-12-19-20(23-9-8-22-19)21(24-18)30-14-17-13-26(10-11-29-17)31(3,27)28/h4-9,12,17H,10-11,13-14H2,1-3H3/t17-/m0/s1. The summed E-state index contributed by atoms with van der Waals surface area (Å²) in [5, 5.41) is 0. The molecular formula is C21H25N5O4S. The summed E-state index contributed by atoms with van der Waals surface area (Å²) in [6.45, 7) is 1.08. The minimum Gasteiger partial charge on any atom is -0.473 e. The van der Waals surface area contributed by atoms with E-state index >= 15 is 0 Å². The van der Waals surface area contributed by atoms with Crippen LogP contribution in [0.1, 0.15) is 0 Å². The van der Waals surface area contributed by atoms with E-state index in [1.165, 1.54) is 10.6 Å². The molecule has 1 atom stereocenters. The number of hydrogen-bond acceptors (Lipinski definition) is 8. The van der Waals surface area contributed by atoms with Crippen LogP contribution in [-0.4, -0.2) is 80.4 Å². The molecule has 3 aromatic rings. The van der Waals surface area contributed by atoms with E-state index in [4.69, 9.17) is 9.47 Å². The average Bonchev–Trinajstić information content (AvgIpc) is 2.77. The van der Waals surface area contributed by atoms with Crippen molar-refractivity contribution in [3.05, 3.63) is 42.7 Å². The molecule has 164 valence electrons. The maximum Gasteiger partial charge on any atom is 0.242 e. The molecule has 0 N–H and O–H groups in total. The molecule has 0 unspecified atom stereocenters. The summed E-state index contributed by atoms with van der Waals surface area (Å²) in [5.41, 5.74) is 3.95. The Bertz CT molecular complexity index is 1170. The fourth-order valence-electron chi connectivity index (χ4n) is 3.39. The van der Waals surface area contributed by atoms with Crippen molar-refractivity contribution < 1.29 is 17.9 Å². The molecule has 0 aliphatic carbocycles. The maximum absolute atomic E-state index is 11.8. The molecule has 1 aliphatic heterocycles. The lowest BCUT2D eigenvalue weighted by Crippen LogP contribution is -2.47. The summed E-state index contributed by atoms with van der Waals surface area (Å²) in [6.07, 6.45) is 4.02. The minimum atomic E-state index is -3.27. The molecule has 0 spiro atoms. The molecule has 1 aliphatic rings. The minimum absolute atomic E-state index is 0.160. The van der Waals surface area contributed by atoms with Crippen LogP contribution in [0.15, 0.2) is 42.7 Å². The van der Waals surface area contributed by atoms with Gasteiger partial charge in [-0.3, -0.25) is 4.98 Å². The summed E-state index contributed by atoms with van der Waals surface area (Å²) in [7, 11) is 0.706. The molecule has 0 bridgehead atoms. The number of sulfonamides is 1. The monoisotopic (exact) mass is 443 g/mol. The fraction of sp³-hybridized carbons (Fsp3) is 0.381. The zero-order chi connectivity index (χ0) is 22.0. The number of aromatic nitrogens is 3. The zero-order valence-electron chi connectivity index (χ0n) is 17.7. The lowest BCUT2D eigenvalue weighted by molar-refractivity contribution is -0.0252. The van der Waals surface area contributed by atoms with Crippen molar-refractivity contribution in [1.29, 1.82) is 0 Å². The van der Waals surface area contributed by atoms with Gasteiger partial charge in [-0.05, 0) is 18.2 Å². The van der Waals surface area contributed by atoms with E-state index in [2.05, 4.69) is 15.0 Å².